The van der Waals surface area contributed by atoms with Crippen LogP contribution in [0.5, 0.6) is 0 Å². The lowest BCUT2D eigenvalue weighted by molar-refractivity contribution is -0.378. The van der Waals surface area contributed by atoms with Crippen LogP contribution in [-0.2, 0) is 28.4 Å². The Morgan fingerprint density at radius 3 is 1.00 bits per heavy atom. The number of aromatic nitrogens is 1. The number of carbonyl (C=O) groups is 1. The molecule has 0 atom stereocenters. The van der Waals surface area contributed by atoms with Gasteiger partial charge in [0.2, 0.25) is 0 Å². The zero-order valence-electron chi connectivity index (χ0n) is 18.7. The van der Waals surface area contributed by atoms with Gasteiger partial charge in [0.15, 0.2) is 12.4 Å². The summed E-state index contributed by atoms with van der Waals surface area (Å²) in [6.45, 7) is 7.04. The molecule has 34 heavy (non-hydrogen) atoms. The van der Waals surface area contributed by atoms with Gasteiger partial charge in [-0.2, -0.15) is 0 Å². The number of aromatic carboxylic acids is 1. The number of rotatable bonds is 1. The summed E-state index contributed by atoms with van der Waals surface area (Å²) in [5.74, 6) is -0.899. The van der Waals surface area contributed by atoms with Crippen LogP contribution in [0.1, 0.15) is 10.4 Å². The summed E-state index contributed by atoms with van der Waals surface area (Å²) in [4.78, 5) is 12.9. The first-order chi connectivity index (χ1) is 15.3. The molecule has 11 nitrogen and oxygen atoms in total. The molecule has 2 heterocycles. The van der Waals surface area contributed by atoms with E-state index >= 15 is 0 Å². The molecular weight excluding hydrogens is 477 g/mol. The number of nitrogens with one attached hydrogen (secondary N) is 1. The van der Waals surface area contributed by atoms with Crippen molar-refractivity contribution in [2.75, 3.05) is 79.3 Å². The van der Waals surface area contributed by atoms with Crippen molar-refractivity contribution in [3.8, 4) is 0 Å². The maximum atomic E-state index is 10.2. The maximum Gasteiger partial charge on any atom is 0.673 e. The van der Waals surface area contributed by atoms with E-state index in [4.69, 9.17) is 33.5 Å². The van der Waals surface area contributed by atoms with Crippen molar-refractivity contribution < 1.29 is 71.5 Å². The molecule has 0 aromatic carbocycles. The first kappa shape index (κ1) is 36.6. The number of hydrogen-bond donors (Lipinski definition) is 1. The molecule has 0 spiro atoms. The summed E-state index contributed by atoms with van der Waals surface area (Å²) in [6.07, 6.45) is 3.15. The van der Waals surface area contributed by atoms with Crippen molar-refractivity contribution in [1.82, 2.24) is 0 Å². The van der Waals surface area contributed by atoms with Crippen LogP contribution in [0, 0.1) is 0 Å². The van der Waals surface area contributed by atoms with Crippen LogP contribution in [-0.4, -0.2) is 109 Å². The largest absolute Gasteiger partial charge is 0.673 e. The van der Waals surface area contributed by atoms with Crippen LogP contribution in [0.15, 0.2) is 24.5 Å². The topological polar surface area (TPSA) is 170 Å². The number of carboxylic acid groups (broad SMARTS) is 1. The molecule has 1 aliphatic rings. The highest BCUT2D eigenvalue weighted by Crippen LogP contribution is 2.06. The molecule has 0 radical (unpaired) electrons. The molecule has 0 unspecified atom stereocenters. The summed E-state index contributed by atoms with van der Waals surface area (Å²) < 4.78 is 71.0. The van der Waals surface area contributed by atoms with E-state index in [0.717, 1.165) is 0 Å². The van der Waals surface area contributed by atoms with E-state index in [2.05, 4.69) is 4.98 Å². The summed E-state index contributed by atoms with van der Waals surface area (Å²) >= 11 is 0. The molecule has 1 fully saturated rings. The Balaban J connectivity index is -0.000000503. The number of pyridine rings is 1. The molecule has 0 bridgehead atoms. The average molecular weight is 511 g/mol. The Bertz CT molecular complexity index is 480. The monoisotopic (exact) mass is 511 g/mol. The van der Waals surface area contributed by atoms with E-state index in [0.29, 0.717) is 84.8 Å². The second-order valence-electron chi connectivity index (χ2n) is 5.76. The summed E-state index contributed by atoms with van der Waals surface area (Å²) in [5.41, 5.74) is 0.300. The zero-order chi connectivity index (χ0) is 23.9. The number of halogens is 4. The smallest absolute Gasteiger partial charge is 0.478 e. The number of hydrogen-bond acceptors (Lipinski definition) is 7. The average Bonchev–Trinajstić information content (AvgIpc) is 2.74. The lowest BCUT2D eigenvalue weighted by Crippen LogP contribution is -2.16. The van der Waals surface area contributed by atoms with Crippen molar-refractivity contribution >= 4 is 13.2 Å². The van der Waals surface area contributed by atoms with Gasteiger partial charge < -0.3 is 61.7 Å². The lowest BCUT2D eigenvalue weighted by atomic mass is 10.3. The molecule has 1 aromatic heterocycles. The third-order valence-corrected chi connectivity index (χ3v) is 3.20. The lowest BCUT2D eigenvalue weighted by Gasteiger charge is -2.09. The Morgan fingerprint density at radius 2 is 0.853 bits per heavy atom. The fraction of sp³-hybridized carbons (Fsp3) is 0.667. The molecule has 1 aliphatic heterocycles. The molecule has 0 aliphatic carbocycles. The molecule has 202 valence electrons. The maximum absolute atomic E-state index is 10.2. The molecule has 2 rings (SSSR count). The van der Waals surface area contributed by atoms with Gasteiger partial charge in [0.1, 0.15) is 0 Å². The molecule has 1 aromatic rings. The van der Waals surface area contributed by atoms with Gasteiger partial charge in [-0.25, -0.2) is 9.78 Å². The van der Waals surface area contributed by atoms with E-state index in [-0.39, 0.29) is 11.0 Å². The van der Waals surface area contributed by atoms with E-state index in [1.807, 2.05) is 0 Å². The van der Waals surface area contributed by atoms with Crippen LogP contribution < -0.4 is 4.98 Å². The third kappa shape index (κ3) is 32.3. The van der Waals surface area contributed by atoms with Gasteiger partial charge in [0.05, 0.1) is 84.8 Å². The molecule has 0 saturated carbocycles. The number of H-pyrrole nitrogens is 1. The normalized spacial score (nSPS) is 16.8. The van der Waals surface area contributed by atoms with E-state index < -0.39 is 13.2 Å². The Labute approximate surface area is 195 Å². The van der Waals surface area contributed by atoms with Crippen LogP contribution >= 0.6 is 0 Å². The van der Waals surface area contributed by atoms with Crippen molar-refractivity contribution in [2.45, 2.75) is 0 Å². The van der Waals surface area contributed by atoms with Crippen molar-refractivity contribution in [3.05, 3.63) is 30.1 Å². The van der Waals surface area contributed by atoms with Gasteiger partial charge >= 0.3 is 13.2 Å². The van der Waals surface area contributed by atoms with Crippen LogP contribution in [0.4, 0.5) is 17.3 Å². The van der Waals surface area contributed by atoms with E-state index in [9.17, 15) is 22.1 Å². The van der Waals surface area contributed by atoms with E-state index in [1.165, 1.54) is 12.1 Å². The van der Waals surface area contributed by atoms with Gasteiger partial charge in [0.25, 0.3) is 0 Å². The summed E-state index contributed by atoms with van der Waals surface area (Å²) in [7, 11) is -6.00. The third-order valence-electron chi connectivity index (χ3n) is 3.20. The fourth-order valence-electron chi connectivity index (χ4n) is 1.85. The van der Waals surface area contributed by atoms with Gasteiger partial charge in [-0.3, -0.25) is 0 Å². The van der Waals surface area contributed by atoms with Crippen molar-refractivity contribution in [3.63, 3.8) is 0 Å². The predicted octanol–water partition coefficient (Wildman–Crippen LogP) is -0.0509. The van der Waals surface area contributed by atoms with Gasteiger partial charge in [-0.15, -0.1) is 0 Å². The minimum absolute atomic E-state index is 0. The molecular formula is C18H34BF4NO10. The number of aromatic amines is 1. The SMILES string of the molecule is C1COCCOCCOCCOCCOCCO1.F[B-](F)(F)F.O.O.O=C(O)c1cc[nH+]cc1. The minimum atomic E-state index is -6.00. The predicted molar refractivity (Wildman–Crippen MR) is 112 cm³/mol. The standard InChI is InChI=1S/C12H24O6.C6H5NO2.BF4.2H2O/c1-2-14-5-6-16-9-10-18-12-11-17-8-7-15-4-3-13-1;8-6(9)5-1-3-7-4-2-5;2-1(3,4)5;;/h1-12H2;1-4H,(H,8,9);;2*1H2/q;;-1;;/p+1. The second-order valence-corrected chi connectivity index (χ2v) is 5.76. The van der Waals surface area contributed by atoms with Crippen molar-refractivity contribution in [2.24, 2.45) is 0 Å². The Kier molecular flexibility index (Phi) is 27.7. The first-order valence-electron chi connectivity index (χ1n) is 9.84. The zero-order valence-corrected chi connectivity index (χ0v) is 18.7. The molecule has 0 amide bonds. The van der Waals surface area contributed by atoms with Gasteiger partial charge in [-0.05, 0) is 0 Å². The molecule has 6 N–H and O–H groups in total. The highest BCUT2D eigenvalue weighted by Gasteiger charge is 2.20. The second kappa shape index (κ2) is 25.7. The minimum Gasteiger partial charge on any atom is -0.478 e. The van der Waals surface area contributed by atoms with Crippen LogP contribution in [0.2, 0.25) is 0 Å². The van der Waals surface area contributed by atoms with Crippen LogP contribution in [0.25, 0.3) is 0 Å². The number of carboxylic acids is 1. The van der Waals surface area contributed by atoms with Gasteiger partial charge in [-0.1, -0.05) is 0 Å². The summed E-state index contributed by atoms with van der Waals surface area (Å²) in [5, 5.41) is 8.37. The fourth-order valence-corrected chi connectivity index (χ4v) is 1.85. The molecule has 1 saturated heterocycles. The van der Waals surface area contributed by atoms with Gasteiger partial charge in [0, 0.05) is 12.1 Å². The Hall–Kier alpha value is -1.92. The molecule has 16 heteroatoms. The summed E-state index contributed by atoms with van der Waals surface area (Å²) in [6, 6.07) is 3.00. The van der Waals surface area contributed by atoms with E-state index in [1.54, 1.807) is 12.4 Å². The highest BCUT2D eigenvalue weighted by molar-refractivity contribution is 6.50. The Morgan fingerprint density at radius 1 is 0.647 bits per heavy atom. The van der Waals surface area contributed by atoms with Crippen LogP contribution in [0.3, 0.4) is 0 Å². The van der Waals surface area contributed by atoms with Crippen molar-refractivity contribution in [1.29, 1.82) is 0 Å². The quantitative estimate of drug-likeness (QED) is 0.404. The highest BCUT2D eigenvalue weighted by atomic mass is 19.5. The number of ether oxygens (including phenoxy) is 6. The first-order valence-corrected chi connectivity index (χ1v) is 9.84.